The smallest absolute Gasteiger partial charge is 0.323 e. The Morgan fingerprint density at radius 2 is 1.55 bits per heavy atom. The zero-order valence-electron chi connectivity index (χ0n) is 13.9. The van der Waals surface area contributed by atoms with Crippen LogP contribution >= 0.6 is 0 Å². The largest absolute Gasteiger partial charge is 0.480 e. The van der Waals surface area contributed by atoms with Gasteiger partial charge < -0.3 is 15.3 Å². The van der Waals surface area contributed by atoms with Crippen molar-refractivity contribution in [2.24, 2.45) is 17.8 Å². The number of carboxylic acids is 1. The van der Waals surface area contributed by atoms with E-state index in [1.54, 1.807) is 0 Å². The van der Waals surface area contributed by atoms with Crippen LogP contribution < -0.4 is 5.32 Å². The molecule has 5 heteroatoms. The third kappa shape index (κ3) is 6.26. The molecule has 0 aliphatic rings. The zero-order valence-corrected chi connectivity index (χ0v) is 13.9. The maximum Gasteiger partial charge on any atom is 0.323 e. The molecule has 2 N–H and O–H groups in total. The quantitative estimate of drug-likeness (QED) is 0.789. The van der Waals surface area contributed by atoms with E-state index < -0.39 is 11.5 Å². The molecule has 118 valence electrons. The second kappa shape index (κ2) is 7.50. The Kier molecular flexibility index (Phi) is 7.03. The molecule has 0 rings (SSSR count). The summed E-state index contributed by atoms with van der Waals surface area (Å²) in [5, 5.41) is 11.8. The van der Waals surface area contributed by atoms with Crippen LogP contribution in [0.25, 0.3) is 0 Å². The number of carbonyl (C=O) groups excluding carboxylic acids is 1. The molecule has 0 aliphatic carbocycles. The predicted octanol–water partition coefficient (Wildman–Crippen LogP) is 2.81. The minimum atomic E-state index is -1.00. The van der Waals surface area contributed by atoms with Gasteiger partial charge in [0, 0.05) is 12.1 Å². The van der Waals surface area contributed by atoms with Gasteiger partial charge in [-0.25, -0.2) is 4.79 Å². The van der Waals surface area contributed by atoms with Crippen LogP contribution in [0.15, 0.2) is 0 Å². The Morgan fingerprint density at radius 1 is 1.10 bits per heavy atom. The summed E-state index contributed by atoms with van der Waals surface area (Å²) in [6.45, 7) is 14.3. The third-order valence-corrected chi connectivity index (χ3v) is 3.55. The van der Waals surface area contributed by atoms with Gasteiger partial charge in [0.15, 0.2) is 0 Å². The van der Waals surface area contributed by atoms with E-state index in [2.05, 4.69) is 33.0 Å². The molecule has 0 unspecified atom stereocenters. The topological polar surface area (TPSA) is 69.6 Å². The van der Waals surface area contributed by atoms with Gasteiger partial charge in [-0.2, -0.15) is 0 Å². The number of aliphatic carboxylic acids is 1. The molecule has 0 aromatic heterocycles. The highest BCUT2D eigenvalue weighted by atomic mass is 16.4. The standard InChI is InChI=1S/C15H30N2O3/c1-10(2)12(11(3)4)8-16-14(20)17(9-13(18)19)15(5,6)7/h10-12H,8-9H2,1-7H3,(H,16,20)(H,18,19). The maximum absolute atomic E-state index is 12.2. The number of nitrogens with zero attached hydrogens (tertiary/aromatic N) is 1. The van der Waals surface area contributed by atoms with E-state index >= 15 is 0 Å². The van der Waals surface area contributed by atoms with Crippen LogP contribution in [0.5, 0.6) is 0 Å². The van der Waals surface area contributed by atoms with E-state index in [1.807, 2.05) is 20.8 Å². The number of carbonyl (C=O) groups is 2. The summed E-state index contributed by atoms with van der Waals surface area (Å²) in [5.41, 5.74) is -0.520. The van der Waals surface area contributed by atoms with Crippen molar-refractivity contribution in [3.63, 3.8) is 0 Å². The average molecular weight is 286 g/mol. The van der Waals surface area contributed by atoms with Crippen molar-refractivity contribution in [1.29, 1.82) is 0 Å². The maximum atomic E-state index is 12.2. The lowest BCUT2D eigenvalue weighted by atomic mass is 9.85. The first-order valence-electron chi connectivity index (χ1n) is 7.24. The van der Waals surface area contributed by atoms with E-state index in [0.717, 1.165) is 0 Å². The molecular formula is C15H30N2O3. The van der Waals surface area contributed by atoms with Crippen LogP contribution in [-0.4, -0.2) is 40.6 Å². The Morgan fingerprint density at radius 3 is 1.85 bits per heavy atom. The van der Waals surface area contributed by atoms with Crippen LogP contribution in [0.3, 0.4) is 0 Å². The van der Waals surface area contributed by atoms with Crippen molar-refractivity contribution in [2.75, 3.05) is 13.1 Å². The first kappa shape index (κ1) is 18.7. The van der Waals surface area contributed by atoms with Crippen LogP contribution in [0.2, 0.25) is 0 Å². The number of amides is 2. The number of nitrogens with one attached hydrogen (secondary N) is 1. The SMILES string of the molecule is CC(C)C(CNC(=O)N(CC(=O)O)C(C)(C)C)C(C)C. The number of hydrogen-bond donors (Lipinski definition) is 2. The average Bonchev–Trinajstić information content (AvgIpc) is 2.22. The molecule has 0 aromatic carbocycles. The number of hydrogen-bond acceptors (Lipinski definition) is 2. The van der Waals surface area contributed by atoms with Crippen LogP contribution in [0, 0.1) is 17.8 Å². The highest BCUT2D eigenvalue weighted by molar-refractivity contribution is 5.80. The Bertz CT molecular complexity index is 325. The van der Waals surface area contributed by atoms with Gasteiger partial charge >= 0.3 is 12.0 Å². The summed E-state index contributed by atoms with van der Waals surface area (Å²) >= 11 is 0. The summed E-state index contributed by atoms with van der Waals surface area (Å²) < 4.78 is 0. The molecule has 0 heterocycles. The minimum absolute atomic E-state index is 0.288. The van der Waals surface area contributed by atoms with Crippen LogP contribution in [0.1, 0.15) is 48.5 Å². The lowest BCUT2D eigenvalue weighted by Crippen LogP contribution is -2.53. The predicted molar refractivity (Wildman–Crippen MR) is 80.7 cm³/mol. The van der Waals surface area contributed by atoms with E-state index in [1.165, 1.54) is 4.90 Å². The van der Waals surface area contributed by atoms with Crippen molar-refractivity contribution >= 4 is 12.0 Å². The van der Waals surface area contributed by atoms with E-state index in [4.69, 9.17) is 5.11 Å². The second-order valence-corrected chi connectivity index (χ2v) is 6.99. The first-order valence-corrected chi connectivity index (χ1v) is 7.24. The fourth-order valence-corrected chi connectivity index (χ4v) is 2.29. The monoisotopic (exact) mass is 286 g/mol. The van der Waals surface area contributed by atoms with E-state index in [9.17, 15) is 9.59 Å². The van der Waals surface area contributed by atoms with Gasteiger partial charge in [0.05, 0.1) is 0 Å². The molecule has 0 radical (unpaired) electrons. The van der Waals surface area contributed by atoms with Gasteiger partial charge in [0.2, 0.25) is 0 Å². The fraction of sp³-hybridized carbons (Fsp3) is 0.867. The van der Waals surface area contributed by atoms with Crippen LogP contribution in [-0.2, 0) is 4.79 Å². The lowest BCUT2D eigenvalue weighted by molar-refractivity contribution is -0.138. The van der Waals surface area contributed by atoms with Gasteiger partial charge in [-0.15, -0.1) is 0 Å². The van der Waals surface area contributed by atoms with Crippen molar-refractivity contribution in [2.45, 2.75) is 54.0 Å². The van der Waals surface area contributed by atoms with E-state index in [-0.39, 0.29) is 12.6 Å². The summed E-state index contributed by atoms with van der Waals surface area (Å²) in [7, 11) is 0. The van der Waals surface area contributed by atoms with Crippen molar-refractivity contribution < 1.29 is 14.7 Å². The molecule has 0 saturated heterocycles. The van der Waals surface area contributed by atoms with Crippen molar-refractivity contribution in [3.05, 3.63) is 0 Å². The number of urea groups is 1. The van der Waals surface area contributed by atoms with Gasteiger partial charge in [0.25, 0.3) is 0 Å². The summed E-state index contributed by atoms with van der Waals surface area (Å²) in [5.74, 6) is 0.320. The molecule has 2 amide bonds. The fourth-order valence-electron chi connectivity index (χ4n) is 2.29. The van der Waals surface area contributed by atoms with Crippen LogP contribution in [0.4, 0.5) is 4.79 Å². The van der Waals surface area contributed by atoms with Gasteiger partial charge in [0.1, 0.15) is 6.54 Å². The minimum Gasteiger partial charge on any atom is -0.480 e. The summed E-state index contributed by atoms with van der Waals surface area (Å²) in [4.78, 5) is 24.5. The molecule has 0 spiro atoms. The molecule has 5 nitrogen and oxygen atoms in total. The first-order chi connectivity index (χ1) is 8.96. The van der Waals surface area contributed by atoms with Gasteiger partial charge in [-0.1, -0.05) is 27.7 Å². The highest BCUT2D eigenvalue weighted by Gasteiger charge is 2.29. The zero-order chi connectivity index (χ0) is 16.1. The molecular weight excluding hydrogens is 256 g/mol. The lowest BCUT2D eigenvalue weighted by Gasteiger charge is -2.35. The van der Waals surface area contributed by atoms with E-state index in [0.29, 0.717) is 24.3 Å². The Hall–Kier alpha value is -1.26. The number of carboxylic acid groups (broad SMARTS) is 1. The van der Waals surface area contributed by atoms with Crippen molar-refractivity contribution in [1.82, 2.24) is 10.2 Å². The second-order valence-electron chi connectivity index (χ2n) is 6.99. The molecule has 0 aromatic rings. The van der Waals surface area contributed by atoms with Crippen molar-refractivity contribution in [3.8, 4) is 0 Å². The Balaban J connectivity index is 4.73. The highest BCUT2D eigenvalue weighted by Crippen LogP contribution is 2.20. The molecule has 0 fully saturated rings. The number of rotatable bonds is 6. The summed E-state index contributed by atoms with van der Waals surface area (Å²) in [6, 6.07) is -0.314. The summed E-state index contributed by atoms with van der Waals surface area (Å²) in [6.07, 6.45) is 0. The molecule has 0 aliphatic heterocycles. The molecule has 20 heavy (non-hydrogen) atoms. The molecule has 0 saturated carbocycles. The van der Waals surface area contributed by atoms with Gasteiger partial charge in [-0.05, 0) is 38.5 Å². The normalized spacial score (nSPS) is 12.1. The third-order valence-electron chi connectivity index (χ3n) is 3.55. The van der Waals surface area contributed by atoms with Gasteiger partial charge in [-0.3, -0.25) is 4.79 Å². The molecule has 0 atom stereocenters. The molecule has 0 bridgehead atoms. The Labute approximate surface area is 122 Å².